The summed E-state index contributed by atoms with van der Waals surface area (Å²) >= 11 is 0. The Labute approximate surface area is 121 Å². The molecular formula is C15H28N2O3. The van der Waals surface area contributed by atoms with Gasteiger partial charge in [0.1, 0.15) is 5.54 Å². The molecule has 0 heterocycles. The fraction of sp³-hybridized carbons (Fsp3) is 0.867. The highest BCUT2D eigenvalue weighted by Gasteiger charge is 2.43. The van der Waals surface area contributed by atoms with Gasteiger partial charge in [0.2, 0.25) is 0 Å². The molecule has 0 spiro atoms. The van der Waals surface area contributed by atoms with Gasteiger partial charge in [-0.2, -0.15) is 0 Å². The number of urea groups is 1. The van der Waals surface area contributed by atoms with Crippen LogP contribution in [0.4, 0.5) is 4.79 Å². The van der Waals surface area contributed by atoms with E-state index in [9.17, 15) is 14.7 Å². The van der Waals surface area contributed by atoms with Crippen LogP contribution in [0.5, 0.6) is 0 Å². The molecule has 0 aromatic rings. The number of rotatable bonds is 5. The molecule has 0 unspecified atom stereocenters. The molecule has 0 aliphatic heterocycles. The van der Waals surface area contributed by atoms with E-state index in [1.165, 1.54) is 0 Å². The predicted octanol–water partition coefficient (Wildman–Crippen LogP) is 2.90. The third-order valence-electron chi connectivity index (χ3n) is 4.87. The number of carboxylic acid groups (broad SMARTS) is 1. The van der Waals surface area contributed by atoms with Gasteiger partial charge < -0.3 is 15.7 Å². The van der Waals surface area contributed by atoms with Gasteiger partial charge in [0.25, 0.3) is 0 Å². The summed E-state index contributed by atoms with van der Waals surface area (Å²) in [6.45, 7) is 8.12. The maximum Gasteiger partial charge on any atom is 0.329 e. The lowest BCUT2D eigenvalue weighted by atomic mass is 9.77. The van der Waals surface area contributed by atoms with Crippen molar-refractivity contribution in [2.24, 2.45) is 5.92 Å². The molecule has 0 aromatic heterocycles. The van der Waals surface area contributed by atoms with Crippen LogP contribution in [0.2, 0.25) is 0 Å². The molecule has 0 saturated heterocycles. The Hall–Kier alpha value is -1.26. The van der Waals surface area contributed by atoms with Gasteiger partial charge in [-0.15, -0.1) is 0 Å². The number of aliphatic carboxylic acids is 1. The van der Waals surface area contributed by atoms with Gasteiger partial charge in [-0.3, -0.25) is 0 Å². The Morgan fingerprint density at radius 3 is 2.15 bits per heavy atom. The highest BCUT2D eigenvalue weighted by atomic mass is 16.4. The highest BCUT2D eigenvalue weighted by molar-refractivity contribution is 5.86. The van der Waals surface area contributed by atoms with Gasteiger partial charge in [0.15, 0.2) is 0 Å². The fourth-order valence-electron chi connectivity index (χ4n) is 2.60. The Kier molecular flexibility index (Phi) is 5.42. The summed E-state index contributed by atoms with van der Waals surface area (Å²) in [7, 11) is 0. The monoisotopic (exact) mass is 284 g/mol. The molecule has 0 atom stereocenters. The smallest absolute Gasteiger partial charge is 0.329 e. The van der Waals surface area contributed by atoms with Gasteiger partial charge in [-0.1, -0.05) is 20.8 Å². The number of carbonyl (C=O) groups is 2. The standard InChI is InChI=1S/C15H28N2O3/c1-5-14(4,6-2)16-13(20)17-15(12(18)19)9-7-11(3)8-10-15/h11H,5-10H2,1-4H3,(H,18,19)(H2,16,17,20). The Bertz CT molecular complexity index is 356. The third-order valence-corrected chi connectivity index (χ3v) is 4.87. The van der Waals surface area contributed by atoms with Crippen molar-refractivity contribution in [3.05, 3.63) is 0 Å². The van der Waals surface area contributed by atoms with Gasteiger partial charge in [0, 0.05) is 5.54 Å². The van der Waals surface area contributed by atoms with Gasteiger partial charge in [0.05, 0.1) is 0 Å². The zero-order valence-electron chi connectivity index (χ0n) is 13.1. The topological polar surface area (TPSA) is 78.4 Å². The third kappa shape index (κ3) is 3.87. The van der Waals surface area contributed by atoms with Crippen LogP contribution in [-0.4, -0.2) is 28.2 Å². The van der Waals surface area contributed by atoms with E-state index in [0.717, 1.165) is 25.7 Å². The lowest BCUT2D eigenvalue weighted by Crippen LogP contribution is -2.61. The van der Waals surface area contributed by atoms with Crippen LogP contribution < -0.4 is 10.6 Å². The zero-order valence-corrected chi connectivity index (χ0v) is 13.1. The molecule has 116 valence electrons. The molecule has 2 amide bonds. The second kappa shape index (κ2) is 6.46. The van der Waals surface area contributed by atoms with Crippen LogP contribution in [0.25, 0.3) is 0 Å². The van der Waals surface area contributed by atoms with Crippen molar-refractivity contribution in [1.29, 1.82) is 0 Å². The summed E-state index contributed by atoms with van der Waals surface area (Å²) < 4.78 is 0. The molecule has 0 bridgehead atoms. The van der Waals surface area contributed by atoms with Crippen molar-refractivity contribution in [2.75, 3.05) is 0 Å². The SMILES string of the molecule is CCC(C)(CC)NC(=O)NC1(C(=O)O)CCC(C)CC1. The molecule has 5 heteroatoms. The first-order valence-corrected chi connectivity index (χ1v) is 7.60. The van der Waals surface area contributed by atoms with E-state index in [1.807, 2.05) is 20.8 Å². The van der Waals surface area contributed by atoms with Crippen molar-refractivity contribution >= 4 is 12.0 Å². The predicted molar refractivity (Wildman–Crippen MR) is 78.7 cm³/mol. The van der Waals surface area contributed by atoms with E-state index >= 15 is 0 Å². The van der Waals surface area contributed by atoms with E-state index in [2.05, 4.69) is 17.6 Å². The summed E-state index contributed by atoms with van der Waals surface area (Å²) in [5, 5.41) is 15.1. The van der Waals surface area contributed by atoms with Crippen LogP contribution >= 0.6 is 0 Å². The zero-order chi connectivity index (χ0) is 15.4. The lowest BCUT2D eigenvalue weighted by molar-refractivity contribution is -0.146. The van der Waals surface area contributed by atoms with Crippen LogP contribution in [0.15, 0.2) is 0 Å². The van der Waals surface area contributed by atoms with Crippen molar-refractivity contribution in [2.45, 2.75) is 77.3 Å². The van der Waals surface area contributed by atoms with Crippen LogP contribution in [0.1, 0.15) is 66.2 Å². The summed E-state index contributed by atoms with van der Waals surface area (Å²) in [5.74, 6) is -0.391. The number of carbonyl (C=O) groups excluding carboxylic acids is 1. The van der Waals surface area contributed by atoms with Crippen LogP contribution in [0.3, 0.4) is 0 Å². The Morgan fingerprint density at radius 1 is 1.25 bits per heavy atom. The minimum atomic E-state index is -1.10. The average Bonchev–Trinajstić information content (AvgIpc) is 2.41. The van der Waals surface area contributed by atoms with Crippen molar-refractivity contribution in [1.82, 2.24) is 10.6 Å². The first-order chi connectivity index (χ1) is 9.27. The first kappa shape index (κ1) is 16.8. The summed E-state index contributed by atoms with van der Waals surface area (Å²) in [6, 6.07) is -0.367. The van der Waals surface area contributed by atoms with E-state index in [4.69, 9.17) is 0 Å². The van der Waals surface area contributed by atoms with Crippen molar-refractivity contribution < 1.29 is 14.7 Å². The molecular weight excluding hydrogens is 256 g/mol. The van der Waals surface area contributed by atoms with Crippen LogP contribution in [0, 0.1) is 5.92 Å². The van der Waals surface area contributed by atoms with E-state index in [0.29, 0.717) is 18.8 Å². The van der Waals surface area contributed by atoms with Crippen LogP contribution in [-0.2, 0) is 4.79 Å². The Balaban J connectivity index is 2.72. The van der Waals surface area contributed by atoms with E-state index in [1.54, 1.807) is 0 Å². The number of carboxylic acids is 1. The highest BCUT2D eigenvalue weighted by Crippen LogP contribution is 2.32. The van der Waals surface area contributed by atoms with Crippen molar-refractivity contribution in [3.8, 4) is 0 Å². The molecule has 1 aliphatic carbocycles. The largest absolute Gasteiger partial charge is 0.480 e. The summed E-state index contributed by atoms with van der Waals surface area (Å²) in [6.07, 6.45) is 4.32. The van der Waals surface area contributed by atoms with E-state index in [-0.39, 0.29) is 11.6 Å². The summed E-state index contributed by atoms with van der Waals surface area (Å²) in [4.78, 5) is 23.7. The minimum Gasteiger partial charge on any atom is -0.480 e. The molecule has 1 aliphatic rings. The second-order valence-electron chi connectivity index (χ2n) is 6.42. The molecule has 5 nitrogen and oxygen atoms in total. The molecule has 3 N–H and O–H groups in total. The van der Waals surface area contributed by atoms with Gasteiger partial charge >= 0.3 is 12.0 Å². The molecule has 1 rings (SSSR count). The van der Waals surface area contributed by atoms with E-state index < -0.39 is 11.5 Å². The van der Waals surface area contributed by atoms with Gasteiger partial charge in [-0.05, 0) is 51.4 Å². The fourth-order valence-corrected chi connectivity index (χ4v) is 2.60. The minimum absolute atomic E-state index is 0.286. The molecule has 0 aromatic carbocycles. The Morgan fingerprint density at radius 2 is 1.75 bits per heavy atom. The number of nitrogens with one attached hydrogen (secondary N) is 2. The first-order valence-electron chi connectivity index (χ1n) is 7.60. The lowest BCUT2D eigenvalue weighted by Gasteiger charge is -2.38. The van der Waals surface area contributed by atoms with Crippen molar-refractivity contribution in [3.63, 3.8) is 0 Å². The molecule has 1 fully saturated rings. The molecule has 1 saturated carbocycles. The quantitative estimate of drug-likeness (QED) is 0.726. The van der Waals surface area contributed by atoms with Gasteiger partial charge in [-0.25, -0.2) is 9.59 Å². The number of hydrogen-bond donors (Lipinski definition) is 3. The molecule has 20 heavy (non-hydrogen) atoms. The maximum absolute atomic E-state index is 12.2. The maximum atomic E-state index is 12.2. The normalized spacial score (nSPS) is 26.9. The number of amides is 2. The summed E-state index contributed by atoms with van der Waals surface area (Å²) in [5.41, 5.74) is -1.38. The molecule has 0 radical (unpaired) electrons. The second-order valence-corrected chi connectivity index (χ2v) is 6.42. The average molecular weight is 284 g/mol. The number of hydrogen-bond acceptors (Lipinski definition) is 2.